The van der Waals surface area contributed by atoms with Crippen molar-refractivity contribution in [3.8, 4) is 18.2 Å². The SMILES string of the molecule is C#Cc1cnn2nc(SCc3ccc(C(F)(F)F)cc3)n(-c3c[nH]c(=O)cn3)c(=O)c12. The van der Waals surface area contributed by atoms with E-state index in [2.05, 4.69) is 26.1 Å². The highest BCUT2D eigenvalue weighted by Gasteiger charge is 2.30. The fraction of sp³-hybridized carbons (Fsp3) is 0.105. The maximum absolute atomic E-state index is 13.1. The Hall–Kier alpha value is -3.85. The van der Waals surface area contributed by atoms with Crippen LogP contribution in [0.1, 0.15) is 16.7 Å². The zero-order chi connectivity index (χ0) is 22.2. The third-order valence-electron chi connectivity index (χ3n) is 4.22. The van der Waals surface area contributed by atoms with Gasteiger partial charge in [0.1, 0.15) is 0 Å². The summed E-state index contributed by atoms with van der Waals surface area (Å²) in [5, 5.41) is 8.44. The lowest BCUT2D eigenvalue weighted by Gasteiger charge is -2.11. The Balaban J connectivity index is 1.77. The lowest BCUT2D eigenvalue weighted by atomic mass is 10.1. The van der Waals surface area contributed by atoms with Gasteiger partial charge in [0.2, 0.25) is 0 Å². The van der Waals surface area contributed by atoms with Gasteiger partial charge in [-0.25, -0.2) is 9.55 Å². The first kappa shape index (κ1) is 20.4. The molecule has 0 spiro atoms. The predicted molar refractivity (Wildman–Crippen MR) is 106 cm³/mol. The molecule has 0 atom stereocenters. The molecule has 0 bridgehead atoms. The molecule has 0 aliphatic carbocycles. The summed E-state index contributed by atoms with van der Waals surface area (Å²) in [6.07, 6.45) is 4.57. The smallest absolute Gasteiger partial charge is 0.324 e. The van der Waals surface area contributed by atoms with Gasteiger partial charge in [-0.05, 0) is 17.7 Å². The quantitative estimate of drug-likeness (QED) is 0.383. The molecular weight excluding hydrogens is 433 g/mol. The van der Waals surface area contributed by atoms with Gasteiger partial charge in [0.25, 0.3) is 11.1 Å². The number of terminal acetylenes is 1. The molecule has 4 aromatic rings. The van der Waals surface area contributed by atoms with Crippen molar-refractivity contribution >= 4 is 17.3 Å². The fourth-order valence-electron chi connectivity index (χ4n) is 2.73. The number of aromatic nitrogens is 6. The molecule has 0 saturated heterocycles. The van der Waals surface area contributed by atoms with E-state index in [1.54, 1.807) is 0 Å². The largest absolute Gasteiger partial charge is 0.416 e. The van der Waals surface area contributed by atoms with E-state index in [-0.39, 0.29) is 27.8 Å². The molecule has 31 heavy (non-hydrogen) atoms. The van der Waals surface area contributed by atoms with E-state index in [4.69, 9.17) is 6.42 Å². The summed E-state index contributed by atoms with van der Waals surface area (Å²) in [6.45, 7) is 0. The van der Waals surface area contributed by atoms with Crippen molar-refractivity contribution in [2.45, 2.75) is 17.1 Å². The Bertz CT molecular complexity index is 1410. The Labute approximate surface area is 175 Å². The van der Waals surface area contributed by atoms with Crippen LogP contribution >= 0.6 is 11.8 Å². The number of rotatable bonds is 4. The van der Waals surface area contributed by atoms with Crippen LogP contribution < -0.4 is 11.1 Å². The molecule has 0 saturated carbocycles. The first-order valence-electron chi connectivity index (χ1n) is 8.59. The highest BCUT2D eigenvalue weighted by Crippen LogP contribution is 2.30. The number of nitrogens with one attached hydrogen (secondary N) is 1. The van der Waals surface area contributed by atoms with E-state index in [1.807, 2.05) is 0 Å². The molecule has 0 aliphatic heterocycles. The first-order valence-corrected chi connectivity index (χ1v) is 9.58. The number of H-pyrrole nitrogens is 1. The average molecular weight is 444 g/mol. The third-order valence-corrected chi connectivity index (χ3v) is 5.22. The molecule has 4 rings (SSSR count). The van der Waals surface area contributed by atoms with Crippen molar-refractivity contribution in [3.05, 3.63) is 80.3 Å². The summed E-state index contributed by atoms with van der Waals surface area (Å²) in [7, 11) is 0. The van der Waals surface area contributed by atoms with Crippen LogP contribution in [0.2, 0.25) is 0 Å². The van der Waals surface area contributed by atoms with E-state index < -0.39 is 22.9 Å². The Morgan fingerprint density at radius 2 is 1.90 bits per heavy atom. The lowest BCUT2D eigenvalue weighted by molar-refractivity contribution is -0.137. The standard InChI is InChI=1S/C19H11F3N6O2S/c1-2-12-7-25-28-16(12)17(30)27(14-8-24-15(29)9-23-14)18(26-28)31-10-11-3-5-13(6-4-11)19(20,21)22/h1,3-9H,10H2,(H,24,29). The number of halogens is 3. The summed E-state index contributed by atoms with van der Waals surface area (Å²) in [6, 6.07) is 4.66. The van der Waals surface area contributed by atoms with Crippen LogP contribution in [0, 0.1) is 12.3 Å². The van der Waals surface area contributed by atoms with E-state index in [0.29, 0.717) is 5.56 Å². The minimum atomic E-state index is -4.43. The van der Waals surface area contributed by atoms with Crippen molar-refractivity contribution in [2.24, 2.45) is 0 Å². The summed E-state index contributed by atoms with van der Waals surface area (Å²) < 4.78 is 40.5. The van der Waals surface area contributed by atoms with Gasteiger partial charge in [0.05, 0.1) is 23.5 Å². The van der Waals surface area contributed by atoms with Gasteiger partial charge in [-0.15, -0.1) is 16.2 Å². The predicted octanol–water partition coefficient (Wildman–Crippen LogP) is 2.26. The molecule has 0 unspecified atom stereocenters. The summed E-state index contributed by atoms with van der Waals surface area (Å²) in [5.41, 5.74) is -0.913. The van der Waals surface area contributed by atoms with Gasteiger partial charge in [-0.1, -0.05) is 29.8 Å². The van der Waals surface area contributed by atoms with Gasteiger partial charge in [0.15, 0.2) is 16.5 Å². The molecule has 0 aliphatic rings. The lowest BCUT2D eigenvalue weighted by Crippen LogP contribution is -2.26. The maximum Gasteiger partial charge on any atom is 0.416 e. The van der Waals surface area contributed by atoms with E-state index in [0.717, 1.165) is 39.3 Å². The highest BCUT2D eigenvalue weighted by molar-refractivity contribution is 7.98. The van der Waals surface area contributed by atoms with Crippen molar-refractivity contribution in [1.82, 2.24) is 29.4 Å². The second-order valence-corrected chi connectivity index (χ2v) is 7.16. The topological polar surface area (TPSA) is 97.9 Å². The van der Waals surface area contributed by atoms with Gasteiger partial charge >= 0.3 is 6.18 Å². The van der Waals surface area contributed by atoms with Crippen LogP contribution in [0.5, 0.6) is 0 Å². The van der Waals surface area contributed by atoms with Crippen LogP contribution in [0.3, 0.4) is 0 Å². The van der Waals surface area contributed by atoms with E-state index in [9.17, 15) is 22.8 Å². The number of aromatic amines is 1. The molecule has 0 radical (unpaired) electrons. The van der Waals surface area contributed by atoms with Crippen LogP contribution in [0.15, 0.2) is 57.6 Å². The van der Waals surface area contributed by atoms with Crippen LogP contribution in [-0.4, -0.2) is 29.4 Å². The zero-order valence-electron chi connectivity index (χ0n) is 15.4. The number of hydrogen-bond acceptors (Lipinski definition) is 6. The van der Waals surface area contributed by atoms with Crippen LogP contribution in [-0.2, 0) is 11.9 Å². The molecule has 12 heteroatoms. The Kier molecular flexibility index (Phi) is 5.12. The molecule has 1 aromatic carbocycles. The van der Waals surface area contributed by atoms with Gasteiger partial charge in [-0.3, -0.25) is 9.59 Å². The fourth-order valence-corrected chi connectivity index (χ4v) is 3.66. The maximum atomic E-state index is 13.1. The van der Waals surface area contributed by atoms with E-state index in [1.165, 1.54) is 24.5 Å². The first-order chi connectivity index (χ1) is 14.8. The van der Waals surface area contributed by atoms with Crippen molar-refractivity contribution in [3.63, 3.8) is 0 Å². The molecule has 3 aromatic heterocycles. The van der Waals surface area contributed by atoms with Crippen molar-refractivity contribution in [1.29, 1.82) is 0 Å². The minimum Gasteiger partial charge on any atom is -0.324 e. The number of nitrogens with zero attached hydrogens (tertiary/aromatic N) is 5. The summed E-state index contributed by atoms with van der Waals surface area (Å²) >= 11 is 1.08. The number of hydrogen-bond donors (Lipinski definition) is 1. The molecule has 3 heterocycles. The van der Waals surface area contributed by atoms with Gasteiger partial charge in [0, 0.05) is 11.9 Å². The molecule has 156 valence electrons. The molecular formula is C19H11F3N6O2S. The normalized spacial score (nSPS) is 11.5. The highest BCUT2D eigenvalue weighted by atomic mass is 32.2. The van der Waals surface area contributed by atoms with E-state index >= 15 is 0 Å². The van der Waals surface area contributed by atoms with Crippen LogP contribution in [0.4, 0.5) is 13.2 Å². The average Bonchev–Trinajstić information content (AvgIpc) is 3.16. The molecule has 1 N–H and O–H groups in total. The van der Waals surface area contributed by atoms with Crippen LogP contribution in [0.25, 0.3) is 11.3 Å². The Morgan fingerprint density at radius 3 is 2.52 bits per heavy atom. The van der Waals surface area contributed by atoms with Gasteiger partial charge in [-0.2, -0.15) is 18.3 Å². The van der Waals surface area contributed by atoms with Crippen molar-refractivity contribution in [2.75, 3.05) is 0 Å². The number of alkyl halides is 3. The zero-order valence-corrected chi connectivity index (χ0v) is 16.2. The number of benzene rings is 1. The third kappa shape index (κ3) is 3.95. The molecule has 0 fully saturated rings. The second-order valence-electron chi connectivity index (χ2n) is 6.22. The van der Waals surface area contributed by atoms with Crippen molar-refractivity contribution < 1.29 is 13.2 Å². The number of fused-ring (bicyclic) bond motifs is 1. The van der Waals surface area contributed by atoms with Gasteiger partial charge < -0.3 is 4.98 Å². The summed E-state index contributed by atoms with van der Waals surface area (Å²) in [5.74, 6) is 2.67. The Morgan fingerprint density at radius 1 is 1.16 bits per heavy atom. The minimum absolute atomic E-state index is 0.0504. The summed E-state index contributed by atoms with van der Waals surface area (Å²) in [4.78, 5) is 30.9. The second kappa shape index (κ2) is 7.77. The monoisotopic (exact) mass is 444 g/mol. The molecule has 0 amide bonds. The number of thioether (sulfide) groups is 1. The molecule has 8 nitrogen and oxygen atoms in total.